The molecule has 1 aliphatic heterocycles. The van der Waals surface area contributed by atoms with Gasteiger partial charge in [0.25, 0.3) is 0 Å². The summed E-state index contributed by atoms with van der Waals surface area (Å²) >= 11 is 0. The molecule has 4 aromatic rings. The molecule has 11 heteroatoms. The summed E-state index contributed by atoms with van der Waals surface area (Å²) in [5.41, 5.74) is 1.07. The molecule has 40 heavy (non-hydrogen) atoms. The molecule has 5 rings (SSSR count). The number of benzene rings is 1. The van der Waals surface area contributed by atoms with E-state index in [-0.39, 0.29) is 30.0 Å². The molecule has 1 saturated heterocycles. The largest absolute Gasteiger partial charge is 0.378 e. The van der Waals surface area contributed by atoms with Crippen LogP contribution in [0, 0.1) is 29.3 Å². The average Bonchev–Trinajstić information content (AvgIpc) is 3.37. The van der Waals surface area contributed by atoms with Gasteiger partial charge < -0.3 is 9.64 Å². The van der Waals surface area contributed by atoms with Crippen LogP contribution in [0.25, 0.3) is 11.3 Å². The lowest BCUT2D eigenvalue weighted by Gasteiger charge is -2.42. The minimum atomic E-state index is -0.960. The van der Waals surface area contributed by atoms with Gasteiger partial charge in [-0.05, 0) is 42.2 Å². The monoisotopic (exact) mass is 550 g/mol. The maximum Gasteiger partial charge on any atom is 0.185 e. The fourth-order valence-electron chi connectivity index (χ4n) is 5.56. The SMILES string of the molecule is COCc1cn(C2[C@H](C)CN(c3ccncc3CC(=O)c3ccc(F)c(-c4c(F)cccc4F)n3)C[C@@H]2C)nn1. The molecule has 0 N–H and O–H groups in total. The van der Waals surface area contributed by atoms with Gasteiger partial charge in [0, 0.05) is 50.3 Å². The average molecular weight is 551 g/mol. The first-order valence-electron chi connectivity index (χ1n) is 13.0. The van der Waals surface area contributed by atoms with Gasteiger partial charge in [-0.15, -0.1) is 5.10 Å². The van der Waals surface area contributed by atoms with Crippen LogP contribution in [-0.4, -0.2) is 50.9 Å². The highest BCUT2D eigenvalue weighted by atomic mass is 19.1. The molecule has 0 radical (unpaired) electrons. The minimum Gasteiger partial charge on any atom is -0.378 e. The number of pyridine rings is 2. The van der Waals surface area contributed by atoms with Gasteiger partial charge in [0.2, 0.25) is 0 Å². The smallest absolute Gasteiger partial charge is 0.185 e. The van der Waals surface area contributed by atoms with Crippen LogP contribution in [0.4, 0.5) is 18.9 Å². The van der Waals surface area contributed by atoms with Crippen molar-refractivity contribution in [1.82, 2.24) is 25.0 Å². The number of methoxy groups -OCH3 is 1. The van der Waals surface area contributed by atoms with Crippen LogP contribution in [0.15, 0.2) is 55.0 Å². The summed E-state index contributed by atoms with van der Waals surface area (Å²) in [7, 11) is 1.62. The van der Waals surface area contributed by atoms with Gasteiger partial charge >= 0.3 is 0 Å². The minimum absolute atomic E-state index is 0.0624. The first-order valence-corrected chi connectivity index (χ1v) is 13.0. The Morgan fingerprint density at radius 3 is 2.45 bits per heavy atom. The fraction of sp³-hybridized carbons (Fsp3) is 0.345. The van der Waals surface area contributed by atoms with Crippen molar-refractivity contribution in [3.8, 4) is 11.3 Å². The Balaban J connectivity index is 1.37. The zero-order chi connectivity index (χ0) is 28.4. The predicted octanol–water partition coefficient (Wildman–Crippen LogP) is 5.06. The molecular weight excluding hydrogens is 521 g/mol. The molecule has 208 valence electrons. The number of ketones is 1. The molecule has 3 atom stereocenters. The number of nitrogens with zero attached hydrogens (tertiary/aromatic N) is 6. The Morgan fingerprint density at radius 2 is 1.75 bits per heavy atom. The molecule has 1 fully saturated rings. The predicted molar refractivity (Wildman–Crippen MR) is 142 cm³/mol. The first kappa shape index (κ1) is 27.4. The van der Waals surface area contributed by atoms with Crippen molar-refractivity contribution >= 4 is 11.5 Å². The van der Waals surface area contributed by atoms with Gasteiger partial charge in [-0.25, -0.2) is 22.8 Å². The molecule has 1 aliphatic rings. The number of Topliss-reactive ketones (excluding diaryl/α,β-unsaturated/α-hetero) is 1. The van der Waals surface area contributed by atoms with Crippen molar-refractivity contribution < 1.29 is 22.7 Å². The maximum absolute atomic E-state index is 14.5. The molecule has 0 bridgehead atoms. The number of carbonyl (C=O) groups excluding carboxylic acids is 1. The molecule has 0 saturated carbocycles. The molecule has 4 heterocycles. The normalized spacial score (nSPS) is 19.1. The highest BCUT2D eigenvalue weighted by Gasteiger charge is 2.35. The van der Waals surface area contributed by atoms with Crippen molar-refractivity contribution in [3.63, 3.8) is 0 Å². The third-order valence-electron chi connectivity index (χ3n) is 7.24. The highest BCUT2D eigenvalue weighted by molar-refractivity contribution is 5.97. The Labute approximate surface area is 229 Å². The molecular formula is C29H29F3N6O2. The summed E-state index contributed by atoms with van der Waals surface area (Å²) in [6.07, 6.45) is 5.16. The van der Waals surface area contributed by atoms with E-state index < -0.39 is 34.5 Å². The summed E-state index contributed by atoms with van der Waals surface area (Å²) < 4.78 is 50.3. The number of halogens is 3. The topological polar surface area (TPSA) is 86.0 Å². The highest BCUT2D eigenvalue weighted by Crippen LogP contribution is 2.36. The van der Waals surface area contributed by atoms with Gasteiger partial charge in [-0.2, -0.15) is 0 Å². The summed E-state index contributed by atoms with van der Waals surface area (Å²) in [6.45, 7) is 6.14. The van der Waals surface area contributed by atoms with E-state index in [2.05, 4.69) is 39.0 Å². The van der Waals surface area contributed by atoms with Gasteiger partial charge in [-0.1, -0.05) is 25.1 Å². The van der Waals surface area contributed by atoms with E-state index in [4.69, 9.17) is 4.74 Å². The van der Waals surface area contributed by atoms with Crippen molar-refractivity contribution in [2.45, 2.75) is 32.9 Å². The summed E-state index contributed by atoms with van der Waals surface area (Å²) in [5, 5.41) is 8.53. The van der Waals surface area contributed by atoms with Crippen LogP contribution < -0.4 is 4.90 Å². The van der Waals surface area contributed by atoms with E-state index in [0.717, 1.165) is 29.6 Å². The first-order chi connectivity index (χ1) is 19.3. The molecule has 0 aliphatic carbocycles. The number of aromatic nitrogens is 5. The zero-order valence-electron chi connectivity index (χ0n) is 22.4. The van der Waals surface area contributed by atoms with Crippen LogP contribution in [0.2, 0.25) is 0 Å². The Kier molecular flexibility index (Phi) is 7.92. The van der Waals surface area contributed by atoms with E-state index in [9.17, 15) is 18.0 Å². The second-order valence-electron chi connectivity index (χ2n) is 10.2. The number of hydrogen-bond donors (Lipinski definition) is 0. The molecule has 0 spiro atoms. The van der Waals surface area contributed by atoms with Gasteiger partial charge in [0.05, 0.1) is 24.4 Å². The van der Waals surface area contributed by atoms with E-state index in [1.54, 1.807) is 19.5 Å². The van der Waals surface area contributed by atoms with Crippen molar-refractivity contribution in [3.05, 3.63) is 89.4 Å². The molecule has 1 aromatic carbocycles. The summed E-state index contributed by atoms with van der Waals surface area (Å²) in [5.74, 6) is -2.83. The van der Waals surface area contributed by atoms with Gasteiger partial charge in [-0.3, -0.25) is 9.78 Å². The number of piperidine rings is 1. The second-order valence-corrected chi connectivity index (χ2v) is 10.2. The van der Waals surface area contributed by atoms with E-state index in [0.29, 0.717) is 25.3 Å². The fourth-order valence-corrected chi connectivity index (χ4v) is 5.56. The van der Waals surface area contributed by atoms with Crippen LogP contribution in [-0.2, 0) is 17.8 Å². The number of hydrogen-bond acceptors (Lipinski definition) is 7. The molecule has 8 nitrogen and oxygen atoms in total. The second kappa shape index (κ2) is 11.5. The van der Waals surface area contributed by atoms with Crippen molar-refractivity contribution in [2.24, 2.45) is 11.8 Å². The Morgan fingerprint density at radius 1 is 1.02 bits per heavy atom. The molecule has 0 amide bonds. The van der Waals surface area contributed by atoms with E-state index in [1.807, 2.05) is 16.9 Å². The number of carbonyl (C=O) groups is 1. The van der Waals surface area contributed by atoms with Crippen LogP contribution in [0.1, 0.15) is 41.6 Å². The number of anilines is 1. The van der Waals surface area contributed by atoms with Gasteiger partial charge in [0.15, 0.2) is 5.78 Å². The van der Waals surface area contributed by atoms with Crippen molar-refractivity contribution in [2.75, 3.05) is 25.1 Å². The Hall–Kier alpha value is -4.12. The van der Waals surface area contributed by atoms with Crippen molar-refractivity contribution in [1.29, 1.82) is 0 Å². The lowest BCUT2D eigenvalue weighted by atomic mass is 9.85. The number of ether oxygens (including phenoxy) is 1. The van der Waals surface area contributed by atoms with Crippen LogP contribution in [0.5, 0.6) is 0 Å². The summed E-state index contributed by atoms with van der Waals surface area (Å²) in [6, 6.07) is 7.45. The van der Waals surface area contributed by atoms with Crippen LogP contribution in [0.3, 0.4) is 0 Å². The zero-order valence-corrected chi connectivity index (χ0v) is 22.4. The lowest BCUT2D eigenvalue weighted by Crippen LogP contribution is -2.46. The van der Waals surface area contributed by atoms with E-state index in [1.165, 1.54) is 12.1 Å². The van der Waals surface area contributed by atoms with E-state index >= 15 is 0 Å². The Bertz CT molecular complexity index is 1500. The lowest BCUT2D eigenvalue weighted by molar-refractivity contribution is 0.0988. The maximum atomic E-state index is 14.5. The molecule has 3 aromatic heterocycles. The third kappa shape index (κ3) is 5.46. The number of rotatable bonds is 8. The third-order valence-corrected chi connectivity index (χ3v) is 7.24. The molecule has 1 unspecified atom stereocenters. The van der Waals surface area contributed by atoms with Gasteiger partial charge in [0.1, 0.15) is 34.5 Å². The van der Waals surface area contributed by atoms with Crippen LogP contribution >= 0.6 is 0 Å². The standard InChI is InChI=1S/C29H29F3N6O2/c1-17-13-37(14-18(2)29(17)38-15-20(16-40-3)35-36-38)25-9-10-33-12-19(25)11-26(39)24-8-7-23(32)28(34-24)27-21(30)5-4-6-22(27)31/h4-10,12,15,17-18,29H,11,13-14,16H2,1-3H3/t17-,18+,29?. The quantitative estimate of drug-likeness (QED) is 0.284. The summed E-state index contributed by atoms with van der Waals surface area (Å²) in [4.78, 5) is 23.8.